The van der Waals surface area contributed by atoms with Crippen molar-refractivity contribution in [3.63, 3.8) is 0 Å². The summed E-state index contributed by atoms with van der Waals surface area (Å²) < 4.78 is 13.9. The van der Waals surface area contributed by atoms with Crippen LogP contribution >= 0.6 is 0 Å². The first-order valence-corrected chi connectivity index (χ1v) is 6.14. The van der Waals surface area contributed by atoms with Crippen LogP contribution in [0.5, 0.6) is 0 Å². The Hall–Kier alpha value is -1.42. The predicted molar refractivity (Wildman–Crippen MR) is 64.7 cm³/mol. The Bertz CT molecular complexity index is 521. The second-order valence-corrected chi connectivity index (χ2v) is 5.97. The number of aryl methyl sites for hydroxylation is 1. The van der Waals surface area contributed by atoms with E-state index in [9.17, 15) is 9.18 Å². The average Bonchev–Trinajstić information content (AvgIpc) is 2.16. The lowest BCUT2D eigenvalue weighted by atomic mass is 9.31. The van der Waals surface area contributed by atoms with E-state index in [2.05, 4.69) is 0 Å². The molecule has 0 saturated heterocycles. The van der Waals surface area contributed by atoms with Gasteiger partial charge < -0.3 is 10.8 Å². The van der Waals surface area contributed by atoms with Crippen molar-refractivity contribution >= 4 is 5.97 Å². The van der Waals surface area contributed by atoms with Crippen LogP contribution in [0.25, 0.3) is 0 Å². The minimum atomic E-state index is -0.951. The molecule has 2 bridgehead atoms. The Kier molecular flexibility index (Phi) is 2.15. The third-order valence-corrected chi connectivity index (χ3v) is 4.69. The molecule has 1 unspecified atom stereocenters. The van der Waals surface area contributed by atoms with Crippen LogP contribution in [0.4, 0.5) is 4.39 Å². The zero-order chi connectivity index (χ0) is 13.1. The lowest BCUT2D eigenvalue weighted by molar-refractivity contribution is -0.179. The van der Waals surface area contributed by atoms with Crippen molar-refractivity contribution in [1.29, 1.82) is 0 Å². The second-order valence-electron chi connectivity index (χ2n) is 5.97. The van der Waals surface area contributed by atoms with Crippen LogP contribution in [0.3, 0.4) is 0 Å². The van der Waals surface area contributed by atoms with Gasteiger partial charge in [-0.3, -0.25) is 4.79 Å². The van der Waals surface area contributed by atoms with Gasteiger partial charge in [-0.05, 0) is 48.8 Å². The Balaban J connectivity index is 1.82. The Morgan fingerprint density at radius 2 is 2.06 bits per heavy atom. The highest BCUT2D eigenvalue weighted by molar-refractivity contribution is 5.76. The molecule has 0 spiro atoms. The normalized spacial score (nSPS) is 34.4. The molecule has 4 rings (SSSR count). The molecular weight excluding hydrogens is 233 g/mol. The highest BCUT2D eigenvalue weighted by atomic mass is 19.1. The molecule has 3 saturated carbocycles. The molecule has 0 amide bonds. The smallest absolute Gasteiger partial charge is 0.321 e. The van der Waals surface area contributed by atoms with Crippen LogP contribution in [-0.4, -0.2) is 17.1 Å². The van der Waals surface area contributed by atoms with Gasteiger partial charge in [0.15, 0.2) is 0 Å². The third kappa shape index (κ3) is 1.29. The van der Waals surface area contributed by atoms with Gasteiger partial charge in [0.2, 0.25) is 0 Å². The summed E-state index contributed by atoms with van der Waals surface area (Å²) in [4.78, 5) is 10.9. The summed E-state index contributed by atoms with van der Waals surface area (Å²) >= 11 is 0. The minimum absolute atomic E-state index is 0.148. The van der Waals surface area contributed by atoms with Crippen molar-refractivity contribution in [1.82, 2.24) is 0 Å². The van der Waals surface area contributed by atoms with Gasteiger partial charge in [-0.25, -0.2) is 4.39 Å². The summed E-state index contributed by atoms with van der Waals surface area (Å²) in [5.74, 6) is -1.13. The van der Waals surface area contributed by atoms with E-state index in [1.165, 1.54) is 0 Å². The van der Waals surface area contributed by atoms with E-state index in [0.29, 0.717) is 19.3 Å². The molecule has 0 aliphatic heterocycles. The number of halogens is 1. The number of hydrogen-bond acceptors (Lipinski definition) is 2. The summed E-state index contributed by atoms with van der Waals surface area (Å²) in [5, 5.41) is 8.95. The quantitative estimate of drug-likeness (QED) is 0.860. The highest BCUT2D eigenvalue weighted by Crippen LogP contribution is 2.74. The van der Waals surface area contributed by atoms with E-state index >= 15 is 0 Å². The molecule has 0 heterocycles. The minimum Gasteiger partial charge on any atom is -0.480 e. The molecule has 1 atom stereocenters. The Morgan fingerprint density at radius 1 is 1.44 bits per heavy atom. The highest BCUT2D eigenvalue weighted by Gasteiger charge is 2.72. The van der Waals surface area contributed by atoms with E-state index in [-0.39, 0.29) is 16.6 Å². The monoisotopic (exact) mass is 249 g/mol. The standard InChI is InChI=1S/C14H16FNO2/c1-8-2-3-9(10(15)4-8)13-5-14(6-13,7-13)11(16)12(17)18/h2-4,11H,5-7,16H2,1H3,(H,17,18). The van der Waals surface area contributed by atoms with Gasteiger partial charge in [0.05, 0.1) is 0 Å². The third-order valence-electron chi connectivity index (χ3n) is 4.69. The second kappa shape index (κ2) is 3.32. The van der Waals surface area contributed by atoms with E-state index in [1.807, 2.05) is 19.1 Å². The molecule has 3 nitrogen and oxygen atoms in total. The molecule has 0 radical (unpaired) electrons. The van der Waals surface area contributed by atoms with Crippen molar-refractivity contribution in [3.05, 3.63) is 35.1 Å². The van der Waals surface area contributed by atoms with E-state index in [1.54, 1.807) is 6.07 Å². The zero-order valence-corrected chi connectivity index (χ0v) is 10.2. The number of aliphatic carboxylic acids is 1. The maximum absolute atomic E-state index is 13.9. The van der Waals surface area contributed by atoms with Crippen LogP contribution in [0, 0.1) is 18.2 Å². The van der Waals surface area contributed by atoms with E-state index in [0.717, 1.165) is 11.1 Å². The predicted octanol–water partition coefficient (Wildman–Crippen LogP) is 1.97. The molecule has 18 heavy (non-hydrogen) atoms. The summed E-state index contributed by atoms with van der Waals surface area (Å²) in [7, 11) is 0. The van der Waals surface area contributed by atoms with Crippen molar-refractivity contribution < 1.29 is 14.3 Å². The largest absolute Gasteiger partial charge is 0.480 e. The number of nitrogens with two attached hydrogens (primary N) is 1. The molecule has 3 fully saturated rings. The summed E-state index contributed by atoms with van der Waals surface area (Å²) in [6.07, 6.45) is 2.11. The number of rotatable bonds is 3. The van der Waals surface area contributed by atoms with E-state index in [4.69, 9.17) is 10.8 Å². The van der Waals surface area contributed by atoms with Gasteiger partial charge >= 0.3 is 5.97 Å². The maximum atomic E-state index is 13.9. The molecule has 4 heteroatoms. The number of carboxylic acids is 1. The van der Waals surface area contributed by atoms with Crippen LogP contribution in [0.1, 0.15) is 30.4 Å². The molecule has 0 aromatic heterocycles. The molecule has 1 aromatic rings. The van der Waals surface area contributed by atoms with Crippen LogP contribution in [0.2, 0.25) is 0 Å². The molecule has 3 N–H and O–H groups in total. The molecule has 1 aromatic carbocycles. The number of carboxylic acid groups (broad SMARTS) is 1. The van der Waals surface area contributed by atoms with Crippen molar-refractivity contribution in [2.75, 3.05) is 0 Å². The Labute approximate surface area is 105 Å². The van der Waals surface area contributed by atoms with Crippen molar-refractivity contribution in [2.24, 2.45) is 11.1 Å². The SMILES string of the molecule is Cc1ccc(C23CC(C(N)C(=O)O)(C2)C3)c(F)c1. The van der Waals surface area contributed by atoms with E-state index < -0.39 is 12.0 Å². The number of carbonyl (C=O) groups is 1. The van der Waals surface area contributed by atoms with Crippen LogP contribution in [0.15, 0.2) is 18.2 Å². The van der Waals surface area contributed by atoms with Crippen molar-refractivity contribution in [2.45, 2.75) is 37.6 Å². The Morgan fingerprint density at radius 3 is 2.56 bits per heavy atom. The fraction of sp³-hybridized carbons (Fsp3) is 0.500. The topological polar surface area (TPSA) is 63.3 Å². The molecule has 96 valence electrons. The van der Waals surface area contributed by atoms with Crippen molar-refractivity contribution in [3.8, 4) is 0 Å². The summed E-state index contributed by atoms with van der Waals surface area (Å²) in [6.45, 7) is 1.86. The molecule has 3 aliphatic rings. The van der Waals surface area contributed by atoms with Gasteiger partial charge in [0.25, 0.3) is 0 Å². The lowest BCUT2D eigenvalue weighted by Gasteiger charge is -2.72. The lowest BCUT2D eigenvalue weighted by Crippen LogP contribution is -2.72. The number of hydrogen-bond donors (Lipinski definition) is 2. The number of benzene rings is 1. The van der Waals surface area contributed by atoms with Crippen LogP contribution < -0.4 is 5.73 Å². The molecule has 3 aliphatic carbocycles. The first kappa shape index (κ1) is 11.7. The first-order valence-electron chi connectivity index (χ1n) is 6.14. The van der Waals surface area contributed by atoms with Gasteiger partial charge in [-0.15, -0.1) is 0 Å². The summed E-state index contributed by atoms with van der Waals surface area (Å²) in [6, 6.07) is 4.47. The fourth-order valence-electron chi connectivity index (χ4n) is 3.79. The zero-order valence-electron chi connectivity index (χ0n) is 10.2. The first-order chi connectivity index (χ1) is 8.39. The summed E-state index contributed by atoms with van der Waals surface area (Å²) in [5.41, 5.74) is 6.90. The molecular formula is C14H16FNO2. The van der Waals surface area contributed by atoms with Gasteiger partial charge in [0.1, 0.15) is 11.9 Å². The van der Waals surface area contributed by atoms with Gasteiger partial charge in [0, 0.05) is 5.41 Å². The average molecular weight is 249 g/mol. The van der Waals surface area contributed by atoms with Crippen LogP contribution in [-0.2, 0) is 10.2 Å². The van der Waals surface area contributed by atoms with Gasteiger partial charge in [-0.1, -0.05) is 12.1 Å². The van der Waals surface area contributed by atoms with Gasteiger partial charge in [-0.2, -0.15) is 0 Å². The maximum Gasteiger partial charge on any atom is 0.321 e. The fourth-order valence-corrected chi connectivity index (χ4v) is 3.79.